The number of nitrogens with two attached hydrogens (primary N) is 1. The van der Waals surface area contributed by atoms with Gasteiger partial charge < -0.3 is 15.2 Å². The van der Waals surface area contributed by atoms with Crippen molar-refractivity contribution >= 4 is 17.6 Å². The highest BCUT2D eigenvalue weighted by Crippen LogP contribution is 2.43. The van der Waals surface area contributed by atoms with Crippen LogP contribution in [0.4, 0.5) is 0 Å². The maximum Gasteiger partial charge on any atom is 0.343 e. The fourth-order valence-corrected chi connectivity index (χ4v) is 3.79. The average molecular weight is 445 g/mol. The SMILES string of the molecule is CC(C)c1ccc(C2C(C#N)=C(N)Oc3cc(OC(=O)c4ccc(Cl)cc4)ccc32)cc1. The Morgan fingerprint density at radius 2 is 1.78 bits per heavy atom. The molecule has 1 atom stereocenters. The van der Waals surface area contributed by atoms with E-state index in [-0.39, 0.29) is 11.8 Å². The van der Waals surface area contributed by atoms with Crippen LogP contribution in [-0.4, -0.2) is 5.97 Å². The summed E-state index contributed by atoms with van der Waals surface area (Å²) in [6, 6.07) is 21.8. The number of nitrogens with zero attached hydrogens (tertiary/aromatic N) is 1. The number of nitriles is 1. The van der Waals surface area contributed by atoms with Crippen molar-refractivity contribution in [3.63, 3.8) is 0 Å². The number of ether oxygens (including phenoxy) is 2. The summed E-state index contributed by atoms with van der Waals surface area (Å²) in [5.41, 5.74) is 9.73. The molecule has 0 aliphatic carbocycles. The highest BCUT2D eigenvalue weighted by Gasteiger charge is 2.31. The average Bonchev–Trinajstić information content (AvgIpc) is 2.78. The molecule has 0 spiro atoms. The lowest BCUT2D eigenvalue weighted by atomic mass is 9.83. The van der Waals surface area contributed by atoms with Gasteiger partial charge in [-0.25, -0.2) is 4.79 Å². The number of carbonyl (C=O) groups excluding carboxylic acids is 1. The molecule has 3 aromatic rings. The zero-order valence-corrected chi connectivity index (χ0v) is 18.4. The van der Waals surface area contributed by atoms with E-state index in [0.717, 1.165) is 11.1 Å². The normalized spacial score (nSPS) is 15.0. The van der Waals surface area contributed by atoms with Gasteiger partial charge in [-0.1, -0.05) is 55.8 Å². The fraction of sp³-hybridized carbons (Fsp3) is 0.154. The summed E-state index contributed by atoms with van der Waals surface area (Å²) in [5.74, 6) is 0.316. The standard InChI is InChI=1S/C26H21ClN2O3/c1-15(2)16-3-5-17(6-4-16)24-21-12-11-20(13-23(21)32-25(29)22(24)14-28)31-26(30)18-7-9-19(27)10-8-18/h3-13,15,24H,29H2,1-2H3. The minimum atomic E-state index is -0.514. The lowest BCUT2D eigenvalue weighted by Crippen LogP contribution is -2.21. The highest BCUT2D eigenvalue weighted by molar-refractivity contribution is 6.30. The maximum atomic E-state index is 12.4. The van der Waals surface area contributed by atoms with Gasteiger partial charge in [-0.05, 0) is 47.4 Å². The molecule has 0 amide bonds. The van der Waals surface area contributed by atoms with Gasteiger partial charge in [-0.15, -0.1) is 0 Å². The Bertz CT molecular complexity index is 1240. The summed E-state index contributed by atoms with van der Waals surface area (Å²) >= 11 is 5.87. The van der Waals surface area contributed by atoms with Gasteiger partial charge in [0.1, 0.15) is 23.1 Å². The second-order valence-corrected chi connectivity index (χ2v) is 8.28. The number of rotatable bonds is 4. The van der Waals surface area contributed by atoms with Crippen molar-refractivity contribution in [3.8, 4) is 17.6 Å². The number of carbonyl (C=O) groups is 1. The van der Waals surface area contributed by atoms with E-state index >= 15 is 0 Å². The third-order valence-electron chi connectivity index (χ3n) is 5.42. The van der Waals surface area contributed by atoms with Gasteiger partial charge in [-0.3, -0.25) is 0 Å². The van der Waals surface area contributed by atoms with E-state index in [4.69, 9.17) is 26.8 Å². The van der Waals surface area contributed by atoms with Crippen LogP contribution in [0.25, 0.3) is 0 Å². The van der Waals surface area contributed by atoms with Crippen LogP contribution in [0.15, 0.2) is 78.2 Å². The Balaban J connectivity index is 1.67. The molecule has 0 saturated heterocycles. The molecule has 0 saturated carbocycles. The van der Waals surface area contributed by atoms with Crippen LogP contribution in [0.1, 0.15) is 52.7 Å². The van der Waals surface area contributed by atoms with Gasteiger partial charge in [0.25, 0.3) is 0 Å². The predicted molar refractivity (Wildman–Crippen MR) is 123 cm³/mol. The minimum Gasteiger partial charge on any atom is -0.440 e. The van der Waals surface area contributed by atoms with Crippen LogP contribution in [0, 0.1) is 11.3 Å². The highest BCUT2D eigenvalue weighted by atomic mass is 35.5. The molecular weight excluding hydrogens is 424 g/mol. The summed E-state index contributed by atoms with van der Waals surface area (Å²) in [7, 11) is 0. The molecule has 6 heteroatoms. The van der Waals surface area contributed by atoms with Crippen LogP contribution in [0.2, 0.25) is 5.02 Å². The molecular formula is C26H21ClN2O3. The third kappa shape index (κ3) is 4.18. The number of allylic oxidation sites excluding steroid dienone is 1. The molecule has 5 nitrogen and oxygen atoms in total. The van der Waals surface area contributed by atoms with Crippen molar-refractivity contribution in [2.45, 2.75) is 25.7 Å². The smallest absolute Gasteiger partial charge is 0.343 e. The van der Waals surface area contributed by atoms with Crippen molar-refractivity contribution in [1.82, 2.24) is 0 Å². The minimum absolute atomic E-state index is 0.0408. The molecule has 0 radical (unpaired) electrons. The fourth-order valence-electron chi connectivity index (χ4n) is 3.67. The Hall–Kier alpha value is -3.75. The number of hydrogen-bond acceptors (Lipinski definition) is 5. The monoisotopic (exact) mass is 444 g/mol. The molecule has 32 heavy (non-hydrogen) atoms. The first-order valence-electron chi connectivity index (χ1n) is 10.2. The first-order valence-corrected chi connectivity index (χ1v) is 10.5. The molecule has 1 aliphatic heterocycles. The lowest BCUT2D eigenvalue weighted by Gasteiger charge is -2.27. The van der Waals surface area contributed by atoms with Gasteiger partial charge in [-0.2, -0.15) is 5.26 Å². The maximum absolute atomic E-state index is 12.4. The third-order valence-corrected chi connectivity index (χ3v) is 5.67. The summed E-state index contributed by atoms with van der Waals surface area (Å²) in [5, 5.41) is 10.3. The zero-order chi connectivity index (χ0) is 22.8. The van der Waals surface area contributed by atoms with Gasteiger partial charge in [0, 0.05) is 16.7 Å². The number of hydrogen-bond donors (Lipinski definition) is 1. The van der Waals surface area contributed by atoms with Crippen molar-refractivity contribution in [2.75, 3.05) is 0 Å². The molecule has 2 N–H and O–H groups in total. The number of benzene rings is 3. The second kappa shape index (κ2) is 8.78. The quantitative estimate of drug-likeness (QED) is 0.400. The van der Waals surface area contributed by atoms with Gasteiger partial charge in [0.05, 0.1) is 11.5 Å². The topological polar surface area (TPSA) is 85.3 Å². The Kier molecular flexibility index (Phi) is 5.89. The molecule has 1 unspecified atom stereocenters. The Labute approximate surface area is 191 Å². The molecule has 0 bridgehead atoms. The van der Waals surface area contributed by atoms with Gasteiger partial charge >= 0.3 is 5.97 Å². The predicted octanol–water partition coefficient (Wildman–Crippen LogP) is 5.90. The van der Waals surface area contributed by atoms with Crippen molar-refractivity contribution in [3.05, 3.63) is 105 Å². The molecule has 4 rings (SSSR count). The summed E-state index contributed by atoms with van der Waals surface area (Å²) in [6.07, 6.45) is 0. The van der Waals surface area contributed by atoms with Crippen molar-refractivity contribution < 1.29 is 14.3 Å². The van der Waals surface area contributed by atoms with Crippen LogP contribution in [0.3, 0.4) is 0 Å². The zero-order valence-electron chi connectivity index (χ0n) is 17.6. The largest absolute Gasteiger partial charge is 0.440 e. The van der Waals surface area contributed by atoms with Gasteiger partial charge in [0.15, 0.2) is 0 Å². The first kappa shape index (κ1) is 21.5. The molecule has 3 aromatic carbocycles. The Morgan fingerprint density at radius 3 is 2.41 bits per heavy atom. The number of fused-ring (bicyclic) bond motifs is 1. The van der Waals surface area contributed by atoms with E-state index < -0.39 is 5.97 Å². The Morgan fingerprint density at radius 1 is 1.09 bits per heavy atom. The molecule has 160 valence electrons. The summed E-state index contributed by atoms with van der Waals surface area (Å²) in [6.45, 7) is 4.26. The number of halogens is 1. The van der Waals surface area contributed by atoms with E-state index in [1.807, 2.05) is 12.1 Å². The van der Waals surface area contributed by atoms with Crippen LogP contribution in [0.5, 0.6) is 11.5 Å². The number of esters is 1. The lowest BCUT2D eigenvalue weighted by molar-refractivity contribution is 0.0734. The van der Waals surface area contributed by atoms with Crippen LogP contribution < -0.4 is 15.2 Å². The van der Waals surface area contributed by atoms with Crippen LogP contribution in [-0.2, 0) is 0 Å². The summed E-state index contributed by atoms with van der Waals surface area (Å²) in [4.78, 5) is 12.4. The van der Waals surface area contributed by atoms with E-state index in [2.05, 4.69) is 32.0 Å². The molecule has 0 aromatic heterocycles. The van der Waals surface area contributed by atoms with E-state index in [0.29, 0.717) is 33.6 Å². The summed E-state index contributed by atoms with van der Waals surface area (Å²) < 4.78 is 11.2. The molecule has 1 heterocycles. The van der Waals surface area contributed by atoms with E-state index in [9.17, 15) is 10.1 Å². The molecule has 0 fully saturated rings. The van der Waals surface area contributed by atoms with Crippen molar-refractivity contribution in [2.24, 2.45) is 5.73 Å². The van der Waals surface area contributed by atoms with E-state index in [1.54, 1.807) is 42.5 Å². The second-order valence-electron chi connectivity index (χ2n) is 7.84. The molecule has 1 aliphatic rings. The first-order chi connectivity index (χ1) is 15.4. The van der Waals surface area contributed by atoms with Crippen molar-refractivity contribution in [1.29, 1.82) is 5.26 Å². The van der Waals surface area contributed by atoms with E-state index in [1.165, 1.54) is 5.56 Å². The van der Waals surface area contributed by atoms with Gasteiger partial charge in [0.2, 0.25) is 5.88 Å². The van der Waals surface area contributed by atoms with Crippen LogP contribution >= 0.6 is 11.6 Å².